The van der Waals surface area contributed by atoms with Gasteiger partial charge in [0.05, 0.1) is 0 Å². The Bertz CT molecular complexity index is 1150. The van der Waals surface area contributed by atoms with Gasteiger partial charge in [0.2, 0.25) is 0 Å². The Kier molecular flexibility index (Phi) is 4.36. The van der Waals surface area contributed by atoms with Gasteiger partial charge < -0.3 is 15.0 Å². The highest BCUT2D eigenvalue weighted by atomic mass is 14.7. The molecule has 0 saturated heterocycles. The van der Waals surface area contributed by atoms with Gasteiger partial charge in [0.25, 0.3) is 0 Å². The van der Waals surface area contributed by atoms with Crippen molar-refractivity contribution in [2.45, 2.75) is 27.2 Å². The van der Waals surface area contributed by atoms with Crippen LogP contribution < -0.4 is 0 Å². The quantitative estimate of drug-likeness (QED) is 0.356. The number of hydrogen-bond acceptors (Lipinski definition) is 0. The fraction of sp³-hybridized carbons (Fsp3) is 0.167. The Morgan fingerprint density at radius 1 is 1.04 bits per heavy atom. The van der Waals surface area contributed by atoms with Crippen LogP contribution in [0.5, 0.6) is 0 Å². The minimum Gasteiger partial charge on any atom is -0.366 e. The number of para-hydroxylation sites is 1. The Hall–Kier alpha value is -3.20. The van der Waals surface area contributed by atoms with Crippen molar-refractivity contribution in [3.05, 3.63) is 72.0 Å². The predicted molar refractivity (Wildman–Crippen MR) is 117 cm³/mol. The molecule has 1 aromatic carbocycles. The van der Waals surface area contributed by atoms with Crippen molar-refractivity contribution in [2.24, 2.45) is 0 Å². The van der Waals surface area contributed by atoms with Crippen LogP contribution in [0.2, 0.25) is 0 Å². The fourth-order valence-electron chi connectivity index (χ4n) is 4.06. The van der Waals surface area contributed by atoms with Crippen LogP contribution in [0.25, 0.3) is 45.3 Å². The second-order valence-corrected chi connectivity index (χ2v) is 6.82. The third-order valence-electron chi connectivity index (χ3n) is 5.22. The molecule has 27 heavy (non-hydrogen) atoms. The number of aryl methyl sites for hydroxylation is 2. The van der Waals surface area contributed by atoms with E-state index in [0.29, 0.717) is 0 Å². The Labute approximate surface area is 159 Å². The van der Waals surface area contributed by atoms with Gasteiger partial charge in [0.1, 0.15) is 0 Å². The number of fused-ring (bicyclic) bond motifs is 1. The van der Waals surface area contributed by atoms with Gasteiger partial charge in [0, 0.05) is 68.2 Å². The maximum Gasteiger partial charge on any atom is 0.0462 e. The highest BCUT2D eigenvalue weighted by Crippen LogP contribution is 2.42. The smallest absolute Gasteiger partial charge is 0.0462 e. The van der Waals surface area contributed by atoms with E-state index < -0.39 is 0 Å². The number of aromatic nitrogens is 3. The molecule has 0 aliphatic heterocycles. The van der Waals surface area contributed by atoms with Gasteiger partial charge in [-0.05, 0) is 32.4 Å². The molecule has 4 aromatic rings. The lowest BCUT2D eigenvalue weighted by atomic mass is 9.93. The van der Waals surface area contributed by atoms with Crippen LogP contribution in [-0.4, -0.2) is 15.0 Å². The van der Waals surface area contributed by atoms with Gasteiger partial charge in [-0.25, -0.2) is 0 Å². The van der Waals surface area contributed by atoms with E-state index in [-0.39, 0.29) is 0 Å². The summed E-state index contributed by atoms with van der Waals surface area (Å²) in [5.41, 5.74) is 10.8. The molecule has 3 N–H and O–H groups in total. The minimum atomic E-state index is 0.936. The zero-order chi connectivity index (χ0) is 19.0. The van der Waals surface area contributed by atoms with E-state index in [1.807, 2.05) is 6.08 Å². The molecule has 0 saturated carbocycles. The van der Waals surface area contributed by atoms with E-state index in [2.05, 4.69) is 91.1 Å². The number of benzene rings is 1. The normalized spacial score (nSPS) is 11.7. The Morgan fingerprint density at radius 3 is 2.48 bits per heavy atom. The number of nitrogens with one attached hydrogen (secondary N) is 3. The summed E-state index contributed by atoms with van der Waals surface area (Å²) in [4.78, 5) is 10.4. The molecule has 3 aromatic heterocycles. The summed E-state index contributed by atoms with van der Waals surface area (Å²) in [7, 11) is 0. The first-order valence-electron chi connectivity index (χ1n) is 9.44. The number of hydrogen-bond donors (Lipinski definition) is 3. The van der Waals surface area contributed by atoms with E-state index in [9.17, 15) is 0 Å². The predicted octanol–water partition coefficient (Wildman–Crippen LogP) is 6.71. The SMILES string of the molecule is C=Cc1[nH]c(CC)c(-c2c[nH]cc2-c2c(C)[nH]c3ccccc23)c1/C=C\C. The molecular formula is C24H25N3. The summed E-state index contributed by atoms with van der Waals surface area (Å²) < 4.78 is 0. The van der Waals surface area contributed by atoms with E-state index in [0.717, 1.165) is 12.1 Å². The summed E-state index contributed by atoms with van der Waals surface area (Å²) >= 11 is 0. The van der Waals surface area contributed by atoms with Crippen LogP contribution in [-0.2, 0) is 6.42 Å². The minimum absolute atomic E-state index is 0.936. The highest BCUT2D eigenvalue weighted by molar-refractivity contribution is 6.02. The molecule has 0 radical (unpaired) electrons. The monoisotopic (exact) mass is 355 g/mol. The lowest BCUT2D eigenvalue weighted by Gasteiger charge is -2.08. The molecule has 0 aliphatic carbocycles. The second-order valence-electron chi connectivity index (χ2n) is 6.82. The summed E-state index contributed by atoms with van der Waals surface area (Å²) in [6.07, 6.45) is 11.3. The first-order valence-corrected chi connectivity index (χ1v) is 9.44. The summed E-state index contributed by atoms with van der Waals surface area (Å²) in [5.74, 6) is 0. The van der Waals surface area contributed by atoms with Crippen molar-refractivity contribution in [2.75, 3.05) is 0 Å². The topological polar surface area (TPSA) is 47.4 Å². The number of H-pyrrole nitrogens is 3. The van der Waals surface area contributed by atoms with Crippen molar-refractivity contribution in [1.82, 2.24) is 15.0 Å². The molecule has 0 fully saturated rings. The first kappa shape index (κ1) is 17.2. The molecule has 3 nitrogen and oxygen atoms in total. The number of allylic oxidation sites excluding steroid dienone is 1. The van der Waals surface area contributed by atoms with Gasteiger partial charge in [0.15, 0.2) is 0 Å². The standard InChI is InChI=1S/C24H25N3/c1-5-10-16-20(6-2)27-21(7-3)24(16)19-14-25-13-18(19)23-15(4)26-22-12-9-8-11-17(22)23/h5-6,8-14,25-27H,2,7H2,1,3-4H3/b10-5-. The number of rotatable bonds is 5. The summed E-state index contributed by atoms with van der Waals surface area (Å²) in [6, 6.07) is 8.49. The van der Waals surface area contributed by atoms with Crippen LogP contribution in [0.15, 0.2) is 49.3 Å². The van der Waals surface area contributed by atoms with E-state index in [1.54, 1.807) is 0 Å². The van der Waals surface area contributed by atoms with Gasteiger partial charge in [-0.1, -0.05) is 43.9 Å². The molecule has 3 heteroatoms. The molecule has 0 aliphatic rings. The van der Waals surface area contributed by atoms with Crippen molar-refractivity contribution in [3.63, 3.8) is 0 Å². The third kappa shape index (κ3) is 2.67. The first-order chi connectivity index (χ1) is 13.2. The molecule has 0 spiro atoms. The maximum absolute atomic E-state index is 3.99. The van der Waals surface area contributed by atoms with Crippen LogP contribution >= 0.6 is 0 Å². The highest BCUT2D eigenvalue weighted by Gasteiger charge is 2.21. The van der Waals surface area contributed by atoms with Gasteiger partial charge >= 0.3 is 0 Å². The maximum atomic E-state index is 3.99. The second kappa shape index (κ2) is 6.84. The number of aromatic amines is 3. The van der Waals surface area contributed by atoms with E-state index in [4.69, 9.17) is 0 Å². The zero-order valence-corrected chi connectivity index (χ0v) is 16.1. The summed E-state index contributed by atoms with van der Waals surface area (Å²) in [5, 5.41) is 1.25. The molecule has 0 atom stereocenters. The van der Waals surface area contributed by atoms with Gasteiger partial charge in [-0.2, -0.15) is 0 Å². The van der Waals surface area contributed by atoms with Crippen LogP contribution in [0.4, 0.5) is 0 Å². The molecule has 0 amide bonds. The van der Waals surface area contributed by atoms with Crippen molar-refractivity contribution < 1.29 is 0 Å². The third-order valence-corrected chi connectivity index (χ3v) is 5.22. The average molecular weight is 355 g/mol. The van der Waals surface area contributed by atoms with Crippen LogP contribution in [0.3, 0.4) is 0 Å². The lowest BCUT2D eigenvalue weighted by Crippen LogP contribution is -1.88. The van der Waals surface area contributed by atoms with Crippen molar-refractivity contribution in [1.29, 1.82) is 0 Å². The summed E-state index contributed by atoms with van der Waals surface area (Å²) in [6.45, 7) is 10.4. The van der Waals surface area contributed by atoms with Crippen molar-refractivity contribution in [3.8, 4) is 22.3 Å². The van der Waals surface area contributed by atoms with E-state index >= 15 is 0 Å². The largest absolute Gasteiger partial charge is 0.366 e. The molecule has 0 bridgehead atoms. The van der Waals surface area contributed by atoms with Crippen molar-refractivity contribution >= 4 is 23.1 Å². The van der Waals surface area contributed by atoms with Gasteiger partial charge in [-0.3, -0.25) is 0 Å². The lowest BCUT2D eigenvalue weighted by molar-refractivity contribution is 1.06. The zero-order valence-electron chi connectivity index (χ0n) is 16.1. The molecule has 3 heterocycles. The Balaban J connectivity index is 2.02. The fourth-order valence-corrected chi connectivity index (χ4v) is 4.06. The molecule has 136 valence electrons. The molecular weight excluding hydrogens is 330 g/mol. The molecule has 4 rings (SSSR count). The molecule has 0 unspecified atom stereocenters. The van der Waals surface area contributed by atoms with Crippen LogP contribution in [0, 0.1) is 6.92 Å². The van der Waals surface area contributed by atoms with Crippen LogP contribution in [0.1, 0.15) is 36.5 Å². The van der Waals surface area contributed by atoms with E-state index in [1.165, 1.54) is 50.1 Å². The Morgan fingerprint density at radius 2 is 1.78 bits per heavy atom. The van der Waals surface area contributed by atoms with Gasteiger partial charge in [-0.15, -0.1) is 0 Å². The average Bonchev–Trinajstić information content (AvgIpc) is 3.35.